The number of para-hydroxylation sites is 5. The van der Waals surface area contributed by atoms with Gasteiger partial charge in [-0.2, -0.15) is 0 Å². The van der Waals surface area contributed by atoms with Crippen LogP contribution in [-0.4, -0.2) is 4.57 Å². The van der Waals surface area contributed by atoms with Gasteiger partial charge in [0.2, 0.25) is 0 Å². The second-order valence-electron chi connectivity index (χ2n) is 19.6. The van der Waals surface area contributed by atoms with Crippen molar-refractivity contribution in [2.45, 2.75) is 13.8 Å². The molecule has 0 spiro atoms. The van der Waals surface area contributed by atoms with Crippen LogP contribution >= 0.6 is 0 Å². The van der Waals surface area contributed by atoms with Gasteiger partial charge in [-0.1, -0.05) is 196 Å². The van der Waals surface area contributed by atoms with Crippen LogP contribution in [0.5, 0.6) is 0 Å². The van der Waals surface area contributed by atoms with E-state index in [9.17, 15) is 0 Å². The summed E-state index contributed by atoms with van der Waals surface area (Å²) in [6, 6.07) is 100. The Balaban J connectivity index is 0.00000273. The number of fused-ring (bicyclic) bond motifs is 9. The van der Waals surface area contributed by atoms with Crippen molar-refractivity contribution in [3.8, 4) is 61.3 Å². The van der Waals surface area contributed by atoms with Crippen LogP contribution in [0.2, 0.25) is 0 Å². The quantitative estimate of drug-likeness (QED) is 0.145. The van der Waals surface area contributed by atoms with Gasteiger partial charge in [-0.3, -0.25) is 0 Å². The van der Waals surface area contributed by atoms with Crippen molar-refractivity contribution in [3.63, 3.8) is 0 Å². The standard InChI is InChI=1S/C72H46N2O2.C2H6/c1-5-25-67-61(19-1)62-20-2-6-26-68(62)74(67)59-18-11-16-53(45-59)49-33-40-58(41-34-49)73(56-36-29-47(30-37-56)50-13-9-15-52(43-50)54-35-42-71-66(46-54)64-22-4-7-27-69(64)75-71)57-38-31-48(32-39-57)51-14-10-17-55(44-51)60-23-12-24-65-63-21-3-8-28-70(63)76-72(60)65;1-2/h1-46H;1-2H3. The average molecular weight is 1000 g/mol. The number of rotatable bonds is 9. The van der Waals surface area contributed by atoms with Gasteiger partial charge in [0.25, 0.3) is 0 Å². The molecule has 15 aromatic rings. The van der Waals surface area contributed by atoms with Gasteiger partial charge in [-0.15, -0.1) is 0 Å². The van der Waals surface area contributed by atoms with Gasteiger partial charge in [0.05, 0.1) is 11.0 Å². The lowest BCUT2D eigenvalue weighted by molar-refractivity contribution is 0.669. The lowest BCUT2D eigenvalue weighted by Crippen LogP contribution is -2.09. The fraction of sp³-hybridized carbons (Fsp3) is 0.0270. The van der Waals surface area contributed by atoms with Crippen molar-refractivity contribution in [1.82, 2.24) is 4.57 Å². The van der Waals surface area contributed by atoms with Crippen LogP contribution < -0.4 is 4.90 Å². The van der Waals surface area contributed by atoms with Crippen LogP contribution in [0.25, 0.3) is 127 Å². The lowest BCUT2D eigenvalue weighted by atomic mass is 9.97. The molecule has 0 radical (unpaired) electrons. The summed E-state index contributed by atoms with van der Waals surface area (Å²) in [5, 5.41) is 7.03. The molecule has 3 heterocycles. The number of aromatic nitrogens is 1. The van der Waals surface area contributed by atoms with Crippen molar-refractivity contribution >= 4 is 82.7 Å². The number of hydrogen-bond donors (Lipinski definition) is 0. The third kappa shape index (κ3) is 8.10. The second-order valence-corrected chi connectivity index (χ2v) is 19.6. The summed E-state index contributed by atoms with van der Waals surface area (Å²) < 4.78 is 15.0. The van der Waals surface area contributed by atoms with Gasteiger partial charge < -0.3 is 18.3 Å². The van der Waals surface area contributed by atoms with Crippen molar-refractivity contribution < 1.29 is 8.83 Å². The number of furan rings is 2. The molecule has 12 aromatic carbocycles. The van der Waals surface area contributed by atoms with E-state index in [1.54, 1.807) is 0 Å². The van der Waals surface area contributed by atoms with Crippen LogP contribution in [0.15, 0.2) is 288 Å². The number of anilines is 3. The van der Waals surface area contributed by atoms with E-state index in [0.717, 1.165) is 122 Å². The van der Waals surface area contributed by atoms with E-state index in [0.29, 0.717) is 0 Å². The van der Waals surface area contributed by atoms with Crippen LogP contribution in [0.4, 0.5) is 17.1 Å². The molecule has 0 bridgehead atoms. The minimum Gasteiger partial charge on any atom is -0.456 e. The Morgan fingerprint density at radius 2 is 0.667 bits per heavy atom. The van der Waals surface area contributed by atoms with Gasteiger partial charge in [0.1, 0.15) is 22.3 Å². The van der Waals surface area contributed by atoms with Gasteiger partial charge in [0, 0.05) is 60.6 Å². The molecular formula is C74H52N2O2. The Morgan fingerprint density at radius 3 is 1.26 bits per heavy atom. The summed E-state index contributed by atoms with van der Waals surface area (Å²) in [4.78, 5) is 2.35. The van der Waals surface area contributed by atoms with Crippen molar-refractivity contribution in [2.24, 2.45) is 0 Å². The first-order chi connectivity index (χ1) is 38.6. The first kappa shape index (κ1) is 46.4. The van der Waals surface area contributed by atoms with Crippen molar-refractivity contribution in [3.05, 3.63) is 279 Å². The van der Waals surface area contributed by atoms with E-state index >= 15 is 0 Å². The maximum absolute atomic E-state index is 6.46. The molecule has 0 atom stereocenters. The van der Waals surface area contributed by atoms with E-state index in [-0.39, 0.29) is 0 Å². The lowest BCUT2D eigenvalue weighted by Gasteiger charge is -2.26. The zero-order valence-corrected chi connectivity index (χ0v) is 43.3. The molecule has 4 nitrogen and oxygen atoms in total. The third-order valence-corrected chi connectivity index (χ3v) is 15.2. The average Bonchev–Trinajstić information content (AvgIpc) is 4.33. The molecular weight excluding hydrogens is 949 g/mol. The highest BCUT2D eigenvalue weighted by Crippen LogP contribution is 2.42. The van der Waals surface area contributed by atoms with E-state index in [2.05, 4.69) is 264 Å². The Kier molecular flexibility index (Phi) is 11.6. The SMILES string of the molecule is CC.c1cc(-c2ccc(N(c3ccc(-c4cccc(-c5cccc6c5oc5ccccc56)c4)cc3)c3ccc(-c4cccc(-n5c6ccccc6c6ccccc65)c4)cc3)cc2)cc(-c2ccc3oc4ccccc4c3c2)c1. The maximum Gasteiger partial charge on any atom is 0.143 e. The molecule has 0 aliphatic heterocycles. The summed E-state index contributed by atoms with van der Waals surface area (Å²) in [7, 11) is 0. The van der Waals surface area contributed by atoms with E-state index in [4.69, 9.17) is 8.83 Å². The zero-order chi connectivity index (χ0) is 52.1. The first-order valence-electron chi connectivity index (χ1n) is 26.9. The highest BCUT2D eigenvalue weighted by molar-refractivity contribution is 6.11. The number of benzene rings is 12. The molecule has 0 saturated carbocycles. The van der Waals surface area contributed by atoms with Gasteiger partial charge in [-0.25, -0.2) is 0 Å². The van der Waals surface area contributed by atoms with Crippen LogP contribution in [0.1, 0.15) is 13.8 Å². The molecule has 0 unspecified atom stereocenters. The van der Waals surface area contributed by atoms with Crippen LogP contribution in [0.3, 0.4) is 0 Å². The summed E-state index contributed by atoms with van der Waals surface area (Å²) in [6.45, 7) is 4.00. The predicted molar refractivity (Wildman–Crippen MR) is 329 cm³/mol. The van der Waals surface area contributed by atoms with E-state index in [1.807, 2.05) is 38.1 Å². The smallest absolute Gasteiger partial charge is 0.143 e. The predicted octanol–water partition coefficient (Wildman–Crippen LogP) is 21.4. The molecule has 4 heteroatoms. The molecule has 0 saturated heterocycles. The highest BCUT2D eigenvalue weighted by Gasteiger charge is 2.18. The third-order valence-electron chi connectivity index (χ3n) is 15.2. The minimum absolute atomic E-state index is 0.901. The number of hydrogen-bond acceptors (Lipinski definition) is 3. The summed E-state index contributed by atoms with van der Waals surface area (Å²) in [5.74, 6) is 0. The summed E-state index contributed by atoms with van der Waals surface area (Å²) in [6.07, 6.45) is 0. The molecule has 0 amide bonds. The molecule has 0 aliphatic carbocycles. The molecule has 0 fully saturated rings. The number of nitrogens with zero attached hydrogens (tertiary/aromatic N) is 2. The topological polar surface area (TPSA) is 34.5 Å². The van der Waals surface area contributed by atoms with Crippen LogP contribution in [-0.2, 0) is 0 Å². The largest absolute Gasteiger partial charge is 0.456 e. The van der Waals surface area contributed by atoms with Crippen LogP contribution in [0, 0.1) is 0 Å². The fourth-order valence-electron chi connectivity index (χ4n) is 11.5. The molecule has 0 aliphatic rings. The Hall–Kier alpha value is -10.2. The minimum atomic E-state index is 0.901. The highest BCUT2D eigenvalue weighted by atomic mass is 16.3. The molecule has 370 valence electrons. The van der Waals surface area contributed by atoms with Gasteiger partial charge in [0.15, 0.2) is 0 Å². The molecule has 0 N–H and O–H groups in total. The molecule has 3 aromatic heterocycles. The maximum atomic E-state index is 6.46. The normalized spacial score (nSPS) is 11.5. The zero-order valence-electron chi connectivity index (χ0n) is 43.3. The van der Waals surface area contributed by atoms with Gasteiger partial charge in [-0.05, 0) is 147 Å². The van der Waals surface area contributed by atoms with Crippen molar-refractivity contribution in [1.29, 1.82) is 0 Å². The van der Waals surface area contributed by atoms with E-state index in [1.165, 1.54) is 21.8 Å². The Bertz CT molecular complexity index is 4640. The molecule has 15 rings (SSSR count). The van der Waals surface area contributed by atoms with Gasteiger partial charge >= 0.3 is 0 Å². The summed E-state index contributed by atoms with van der Waals surface area (Å²) in [5.41, 5.74) is 21.7. The van der Waals surface area contributed by atoms with Crippen molar-refractivity contribution in [2.75, 3.05) is 4.90 Å². The Labute approximate surface area is 452 Å². The second kappa shape index (κ2) is 19.5. The first-order valence-corrected chi connectivity index (χ1v) is 26.9. The Morgan fingerprint density at radius 1 is 0.269 bits per heavy atom. The molecule has 78 heavy (non-hydrogen) atoms. The monoisotopic (exact) mass is 1000 g/mol. The van der Waals surface area contributed by atoms with E-state index < -0.39 is 0 Å². The summed E-state index contributed by atoms with van der Waals surface area (Å²) >= 11 is 0. The fourth-order valence-corrected chi connectivity index (χ4v) is 11.5.